The molecule has 1 aliphatic carbocycles. The number of imide groups is 1. The molecule has 0 radical (unpaired) electrons. The number of unbranched alkanes of at least 4 members (excludes halogenated alkanes) is 1. The number of amides is 5. The second kappa shape index (κ2) is 22.8. The third-order valence-corrected chi connectivity index (χ3v) is 11.5. The number of likely N-dealkylation sites (tertiary alicyclic amines) is 1. The van der Waals surface area contributed by atoms with E-state index in [-0.39, 0.29) is 37.8 Å². The molecule has 1 saturated heterocycles. The molecule has 1 aromatic heterocycles. The molecule has 1 saturated carbocycles. The molecule has 5 atom stereocenters. The van der Waals surface area contributed by atoms with Gasteiger partial charge in [0.05, 0.1) is 12.1 Å². The molecule has 2 aliphatic rings. The second-order valence-electron chi connectivity index (χ2n) is 15.7. The molecule has 0 unspecified atom stereocenters. The van der Waals surface area contributed by atoms with Crippen molar-refractivity contribution in [1.82, 2.24) is 30.7 Å². The van der Waals surface area contributed by atoms with Crippen LogP contribution in [0.3, 0.4) is 0 Å². The molecule has 5 rings (SSSR count). The predicted molar refractivity (Wildman–Crippen MR) is 224 cm³/mol. The van der Waals surface area contributed by atoms with Crippen LogP contribution < -0.4 is 27.4 Å². The fourth-order valence-corrected chi connectivity index (χ4v) is 8.27. The minimum Gasteiger partial charge on any atom is -0.350 e. The van der Waals surface area contributed by atoms with Gasteiger partial charge < -0.3 is 32.3 Å². The monoisotopic (exact) mass is 794 g/mol. The summed E-state index contributed by atoms with van der Waals surface area (Å²) < 4.78 is 0. The number of benzene rings is 2. The first-order valence-electron chi connectivity index (χ1n) is 21.0. The summed E-state index contributed by atoms with van der Waals surface area (Å²) in [6.45, 7) is 0.819. The smallest absolute Gasteiger partial charge is 0.252 e. The summed E-state index contributed by atoms with van der Waals surface area (Å²) in [5.41, 5.74) is 15.0. The third-order valence-electron chi connectivity index (χ3n) is 11.5. The summed E-state index contributed by atoms with van der Waals surface area (Å²) in [7, 11) is 1.71. The quantitative estimate of drug-likeness (QED) is 0.107. The average molecular weight is 795 g/mol. The highest BCUT2D eigenvalue weighted by Crippen LogP contribution is 2.29. The number of rotatable bonds is 20. The molecule has 5 amide bonds. The molecule has 58 heavy (non-hydrogen) atoms. The molecule has 3 aromatic rings. The van der Waals surface area contributed by atoms with Gasteiger partial charge in [-0.05, 0) is 87.2 Å². The fourth-order valence-electron chi connectivity index (χ4n) is 8.27. The average Bonchev–Trinajstić information content (AvgIpc) is 3.75. The number of hydrogen-bond acceptors (Lipinski definition) is 9. The maximum Gasteiger partial charge on any atom is 0.252 e. The summed E-state index contributed by atoms with van der Waals surface area (Å²) in [6.07, 6.45) is 11.7. The minimum absolute atomic E-state index is 0.0542. The van der Waals surface area contributed by atoms with Gasteiger partial charge in [0.1, 0.15) is 18.1 Å². The van der Waals surface area contributed by atoms with E-state index < -0.39 is 53.8 Å². The van der Waals surface area contributed by atoms with Gasteiger partial charge in [0.15, 0.2) is 0 Å². The SMILES string of the molecule is CN[C@@H](Cc1ccccc1)C(=O)N[C@@H](CCCCN)C(=O)N1CCC[C@H]1C(=O)N(C(=O)[C@H](N)CC1CCCCC1)[C@@H](Cc1ccccc1)C(=O)NCc1cccnc1. The van der Waals surface area contributed by atoms with Crippen molar-refractivity contribution in [2.75, 3.05) is 20.1 Å². The van der Waals surface area contributed by atoms with Crippen LogP contribution in [0, 0.1) is 5.92 Å². The lowest BCUT2D eigenvalue weighted by atomic mass is 9.84. The summed E-state index contributed by atoms with van der Waals surface area (Å²) >= 11 is 0. The van der Waals surface area contributed by atoms with Gasteiger partial charge in [-0.2, -0.15) is 0 Å². The van der Waals surface area contributed by atoms with Crippen molar-refractivity contribution >= 4 is 29.5 Å². The highest BCUT2D eigenvalue weighted by Gasteiger charge is 2.45. The van der Waals surface area contributed by atoms with E-state index in [2.05, 4.69) is 20.9 Å². The number of likely N-dealkylation sites (N-methyl/N-ethyl adjacent to an activating group) is 1. The van der Waals surface area contributed by atoms with E-state index in [1.54, 1.807) is 25.5 Å². The molecule has 0 spiro atoms. The van der Waals surface area contributed by atoms with Gasteiger partial charge in [0.2, 0.25) is 23.6 Å². The van der Waals surface area contributed by atoms with E-state index in [0.29, 0.717) is 45.1 Å². The van der Waals surface area contributed by atoms with Crippen molar-refractivity contribution in [2.24, 2.45) is 17.4 Å². The lowest BCUT2D eigenvalue weighted by Crippen LogP contribution is -2.62. The fraction of sp³-hybridized carbons (Fsp3) is 0.511. The van der Waals surface area contributed by atoms with E-state index in [0.717, 1.165) is 53.7 Å². The topological polar surface area (TPSA) is 193 Å². The number of hydrogen-bond donors (Lipinski definition) is 5. The van der Waals surface area contributed by atoms with Crippen LogP contribution in [0.15, 0.2) is 85.2 Å². The lowest BCUT2D eigenvalue weighted by Gasteiger charge is -2.37. The Bertz CT molecular complexity index is 1760. The number of carbonyl (C=O) groups is 5. The number of nitrogens with zero attached hydrogens (tertiary/aromatic N) is 3. The Balaban J connectivity index is 1.44. The Morgan fingerprint density at radius 3 is 2.12 bits per heavy atom. The van der Waals surface area contributed by atoms with Crippen LogP contribution in [-0.2, 0) is 43.4 Å². The molecular formula is C45H62N8O5. The largest absolute Gasteiger partial charge is 0.350 e. The number of carbonyl (C=O) groups excluding carboxylic acids is 5. The van der Waals surface area contributed by atoms with Crippen LogP contribution in [0.1, 0.15) is 87.3 Å². The summed E-state index contributed by atoms with van der Waals surface area (Å²) in [5, 5.41) is 9.02. The van der Waals surface area contributed by atoms with Crippen LogP contribution >= 0.6 is 0 Å². The standard InChI is InChI=1S/C45H62N8O5/c1-48-38(28-33-17-7-3-8-18-33)41(54)51-37(22-11-12-24-46)44(57)52-26-14-23-39(52)45(58)53(43(56)36(47)27-32-15-5-2-6-16-32)40(29-34-19-9-4-10-20-34)42(55)50-31-35-21-13-25-49-30-35/h3-4,7-10,13,17-21,25,30,32,36-40,48H,2,5-6,11-12,14-16,22-24,26-29,31,46-47H2,1H3,(H,50,55)(H,51,54)/t36-,37+,38+,39+,40+/m1/s1. The Morgan fingerprint density at radius 1 is 0.810 bits per heavy atom. The summed E-state index contributed by atoms with van der Waals surface area (Å²) in [4.78, 5) is 79.2. The van der Waals surface area contributed by atoms with Gasteiger partial charge in [-0.25, -0.2) is 0 Å². The maximum atomic E-state index is 15.1. The Hall–Kier alpha value is -4.98. The van der Waals surface area contributed by atoms with Crippen molar-refractivity contribution in [3.05, 3.63) is 102 Å². The van der Waals surface area contributed by atoms with Crippen molar-refractivity contribution < 1.29 is 24.0 Å². The molecule has 2 aromatic carbocycles. The van der Waals surface area contributed by atoms with Gasteiger partial charge in [0, 0.05) is 31.9 Å². The third kappa shape index (κ3) is 12.5. The van der Waals surface area contributed by atoms with Crippen LogP contribution in [0.4, 0.5) is 0 Å². The van der Waals surface area contributed by atoms with E-state index in [1.165, 1.54) is 4.90 Å². The number of nitrogens with two attached hydrogens (primary N) is 2. The van der Waals surface area contributed by atoms with Crippen molar-refractivity contribution in [3.8, 4) is 0 Å². The second-order valence-corrected chi connectivity index (χ2v) is 15.7. The molecule has 1 aliphatic heterocycles. The van der Waals surface area contributed by atoms with Crippen molar-refractivity contribution in [1.29, 1.82) is 0 Å². The van der Waals surface area contributed by atoms with Gasteiger partial charge in [0.25, 0.3) is 5.91 Å². The number of aromatic nitrogens is 1. The molecule has 13 nitrogen and oxygen atoms in total. The Kier molecular flexibility index (Phi) is 17.4. The molecule has 13 heteroatoms. The zero-order valence-electron chi connectivity index (χ0n) is 33.9. The van der Waals surface area contributed by atoms with Gasteiger partial charge in [-0.1, -0.05) is 98.8 Å². The zero-order chi connectivity index (χ0) is 41.3. The molecule has 0 bridgehead atoms. The van der Waals surface area contributed by atoms with Crippen LogP contribution in [-0.4, -0.2) is 94.7 Å². The normalized spacial score (nSPS) is 17.8. The molecule has 7 N–H and O–H groups in total. The number of nitrogens with one attached hydrogen (secondary N) is 3. The van der Waals surface area contributed by atoms with Gasteiger partial charge >= 0.3 is 0 Å². The zero-order valence-corrected chi connectivity index (χ0v) is 33.9. The molecular weight excluding hydrogens is 733 g/mol. The maximum absolute atomic E-state index is 15.1. The summed E-state index contributed by atoms with van der Waals surface area (Å²) in [5.74, 6) is -2.29. The first kappa shape index (κ1) is 44.1. The highest BCUT2D eigenvalue weighted by molar-refractivity contribution is 6.05. The first-order valence-corrected chi connectivity index (χ1v) is 21.0. The van der Waals surface area contributed by atoms with Gasteiger partial charge in [-0.15, -0.1) is 0 Å². The van der Waals surface area contributed by atoms with Crippen molar-refractivity contribution in [2.45, 2.75) is 120 Å². The van der Waals surface area contributed by atoms with Crippen molar-refractivity contribution in [3.63, 3.8) is 0 Å². The summed E-state index contributed by atoms with van der Waals surface area (Å²) in [6, 6.07) is 17.6. The molecule has 2 heterocycles. The van der Waals surface area contributed by atoms with E-state index in [4.69, 9.17) is 11.5 Å². The van der Waals surface area contributed by atoms with E-state index in [9.17, 15) is 19.2 Å². The molecule has 312 valence electrons. The predicted octanol–water partition coefficient (Wildman–Crippen LogP) is 3.40. The van der Waals surface area contributed by atoms with Crippen LogP contribution in [0.5, 0.6) is 0 Å². The Morgan fingerprint density at radius 2 is 1.48 bits per heavy atom. The molecule has 2 fully saturated rings. The number of pyridine rings is 1. The highest BCUT2D eigenvalue weighted by atomic mass is 16.2. The van der Waals surface area contributed by atoms with E-state index >= 15 is 4.79 Å². The van der Waals surface area contributed by atoms with Crippen LogP contribution in [0.25, 0.3) is 0 Å². The van der Waals surface area contributed by atoms with Gasteiger partial charge in [-0.3, -0.25) is 33.9 Å². The minimum atomic E-state index is -1.25. The van der Waals surface area contributed by atoms with E-state index in [1.807, 2.05) is 66.7 Å². The van der Waals surface area contributed by atoms with Crippen LogP contribution in [0.2, 0.25) is 0 Å². The lowest BCUT2D eigenvalue weighted by molar-refractivity contribution is -0.158. The Labute approximate surface area is 343 Å². The first-order chi connectivity index (χ1) is 28.2.